The second-order valence-corrected chi connectivity index (χ2v) is 3.39. The van der Waals surface area contributed by atoms with Crippen LogP contribution in [0.25, 0.3) is 0 Å². The van der Waals surface area contributed by atoms with E-state index in [0.29, 0.717) is 11.3 Å². The van der Waals surface area contributed by atoms with Gasteiger partial charge in [-0.1, -0.05) is 12.1 Å². The van der Waals surface area contributed by atoms with Crippen molar-refractivity contribution in [2.45, 2.75) is 12.8 Å². The molecule has 1 fully saturated rings. The number of aldehydes is 1. The number of ether oxygens (including phenoxy) is 1. The lowest BCUT2D eigenvalue weighted by molar-refractivity contribution is -0.135. The van der Waals surface area contributed by atoms with E-state index in [2.05, 4.69) is 0 Å². The monoisotopic (exact) mass is 190 g/mol. The average molecular weight is 190 g/mol. The summed E-state index contributed by atoms with van der Waals surface area (Å²) in [5.41, 5.74) is 0.520. The topological polar surface area (TPSA) is 43.4 Å². The fraction of sp³-hybridized carbons (Fsp3) is 0.273. The summed E-state index contributed by atoms with van der Waals surface area (Å²) in [4.78, 5) is 21.7. The van der Waals surface area contributed by atoms with Crippen molar-refractivity contribution in [1.29, 1.82) is 0 Å². The zero-order valence-corrected chi connectivity index (χ0v) is 7.60. The predicted molar refractivity (Wildman–Crippen MR) is 50.2 cm³/mol. The minimum Gasteiger partial charge on any atom is -0.426 e. The molecule has 14 heavy (non-hydrogen) atoms. The lowest BCUT2D eigenvalue weighted by Gasteiger charge is -2.02. The Balaban J connectivity index is 2.07. The third kappa shape index (κ3) is 1.99. The Morgan fingerprint density at radius 1 is 1.43 bits per heavy atom. The van der Waals surface area contributed by atoms with Gasteiger partial charge in [-0.3, -0.25) is 9.59 Å². The Morgan fingerprint density at radius 3 is 2.86 bits per heavy atom. The molecule has 0 spiro atoms. The Kier molecular flexibility index (Phi) is 2.31. The molecule has 0 saturated heterocycles. The van der Waals surface area contributed by atoms with Crippen molar-refractivity contribution < 1.29 is 14.3 Å². The van der Waals surface area contributed by atoms with Crippen molar-refractivity contribution in [1.82, 2.24) is 0 Å². The van der Waals surface area contributed by atoms with E-state index >= 15 is 0 Å². The highest BCUT2D eigenvalue weighted by atomic mass is 16.5. The third-order valence-electron chi connectivity index (χ3n) is 2.12. The van der Waals surface area contributed by atoms with Gasteiger partial charge < -0.3 is 4.74 Å². The second-order valence-electron chi connectivity index (χ2n) is 3.39. The number of rotatable bonds is 3. The summed E-state index contributed by atoms with van der Waals surface area (Å²) in [5.74, 6) is 0.342. The Morgan fingerprint density at radius 2 is 2.21 bits per heavy atom. The molecule has 0 N–H and O–H groups in total. The highest BCUT2D eigenvalue weighted by Gasteiger charge is 2.31. The standard InChI is InChI=1S/C11H10O3/c12-7-8-2-1-3-10(6-8)14-11(13)9-4-5-9/h1-3,6-7,9H,4-5H2. The van der Waals surface area contributed by atoms with Gasteiger partial charge in [0.15, 0.2) is 0 Å². The molecule has 2 rings (SSSR count). The largest absolute Gasteiger partial charge is 0.426 e. The highest BCUT2D eigenvalue weighted by Crippen LogP contribution is 2.30. The smallest absolute Gasteiger partial charge is 0.314 e. The average Bonchev–Trinajstić information content (AvgIpc) is 3.01. The van der Waals surface area contributed by atoms with Gasteiger partial charge in [0.2, 0.25) is 0 Å². The van der Waals surface area contributed by atoms with Gasteiger partial charge in [0.1, 0.15) is 12.0 Å². The molecule has 0 radical (unpaired) electrons. The summed E-state index contributed by atoms with van der Waals surface area (Å²) in [6.45, 7) is 0. The summed E-state index contributed by atoms with van der Waals surface area (Å²) in [7, 11) is 0. The molecule has 1 aliphatic rings. The quantitative estimate of drug-likeness (QED) is 0.415. The predicted octanol–water partition coefficient (Wildman–Crippen LogP) is 1.81. The lowest BCUT2D eigenvalue weighted by atomic mass is 10.2. The summed E-state index contributed by atoms with van der Waals surface area (Å²) < 4.78 is 5.08. The van der Waals surface area contributed by atoms with Crippen molar-refractivity contribution in [3.63, 3.8) is 0 Å². The molecule has 0 heterocycles. The van der Waals surface area contributed by atoms with Crippen LogP contribution in [-0.4, -0.2) is 12.3 Å². The van der Waals surface area contributed by atoms with Crippen LogP contribution in [0, 0.1) is 5.92 Å². The molecule has 3 nitrogen and oxygen atoms in total. The molecule has 0 unspecified atom stereocenters. The van der Waals surface area contributed by atoms with Crippen LogP contribution >= 0.6 is 0 Å². The van der Waals surface area contributed by atoms with Crippen LogP contribution in [0.4, 0.5) is 0 Å². The fourth-order valence-electron chi connectivity index (χ4n) is 1.17. The van der Waals surface area contributed by atoms with Gasteiger partial charge in [-0.15, -0.1) is 0 Å². The van der Waals surface area contributed by atoms with Crippen molar-refractivity contribution in [2.24, 2.45) is 5.92 Å². The third-order valence-corrected chi connectivity index (χ3v) is 2.12. The van der Waals surface area contributed by atoms with Crippen molar-refractivity contribution in [3.05, 3.63) is 29.8 Å². The highest BCUT2D eigenvalue weighted by molar-refractivity contribution is 5.79. The van der Waals surface area contributed by atoms with Crippen LogP contribution in [0.2, 0.25) is 0 Å². The van der Waals surface area contributed by atoms with E-state index in [0.717, 1.165) is 19.1 Å². The van der Waals surface area contributed by atoms with Gasteiger partial charge in [-0.25, -0.2) is 0 Å². The molecular formula is C11H10O3. The number of esters is 1. The van der Waals surface area contributed by atoms with E-state index in [9.17, 15) is 9.59 Å². The number of benzene rings is 1. The lowest BCUT2D eigenvalue weighted by Crippen LogP contribution is -2.09. The second kappa shape index (κ2) is 3.62. The summed E-state index contributed by atoms with van der Waals surface area (Å²) >= 11 is 0. The zero-order chi connectivity index (χ0) is 9.97. The molecule has 0 bridgehead atoms. The SMILES string of the molecule is O=Cc1cccc(OC(=O)C2CC2)c1. The molecule has 1 aromatic carbocycles. The Bertz CT molecular complexity index is 367. The first kappa shape index (κ1) is 8.94. The molecule has 1 aromatic rings. The molecule has 1 aliphatic carbocycles. The summed E-state index contributed by atoms with van der Waals surface area (Å²) in [5, 5.41) is 0. The first-order valence-corrected chi connectivity index (χ1v) is 4.56. The van der Waals surface area contributed by atoms with Crippen LogP contribution in [0.5, 0.6) is 5.75 Å². The van der Waals surface area contributed by atoms with Crippen LogP contribution in [0.15, 0.2) is 24.3 Å². The number of hydrogen-bond acceptors (Lipinski definition) is 3. The van der Waals surface area contributed by atoms with E-state index in [1.807, 2.05) is 0 Å². The van der Waals surface area contributed by atoms with E-state index in [-0.39, 0.29) is 11.9 Å². The molecule has 1 saturated carbocycles. The van der Waals surface area contributed by atoms with Crippen molar-refractivity contribution in [3.8, 4) is 5.75 Å². The number of hydrogen-bond donors (Lipinski definition) is 0. The molecule has 0 aromatic heterocycles. The maximum Gasteiger partial charge on any atom is 0.314 e. The van der Waals surface area contributed by atoms with Gasteiger partial charge in [-0.2, -0.15) is 0 Å². The van der Waals surface area contributed by atoms with Crippen molar-refractivity contribution in [2.75, 3.05) is 0 Å². The van der Waals surface area contributed by atoms with Crippen LogP contribution < -0.4 is 4.74 Å². The molecule has 0 amide bonds. The van der Waals surface area contributed by atoms with E-state index < -0.39 is 0 Å². The maximum atomic E-state index is 11.3. The van der Waals surface area contributed by atoms with E-state index in [1.54, 1.807) is 24.3 Å². The van der Waals surface area contributed by atoms with Gasteiger partial charge in [-0.05, 0) is 25.0 Å². The fourth-order valence-corrected chi connectivity index (χ4v) is 1.17. The van der Waals surface area contributed by atoms with Gasteiger partial charge >= 0.3 is 5.97 Å². The van der Waals surface area contributed by atoms with Gasteiger partial charge in [0, 0.05) is 5.56 Å². The van der Waals surface area contributed by atoms with Gasteiger partial charge in [0.05, 0.1) is 5.92 Å². The van der Waals surface area contributed by atoms with Crippen LogP contribution in [0.3, 0.4) is 0 Å². The summed E-state index contributed by atoms with van der Waals surface area (Å²) in [6, 6.07) is 6.60. The maximum absolute atomic E-state index is 11.3. The Labute approximate surface area is 81.7 Å². The molecule has 3 heteroatoms. The first-order chi connectivity index (χ1) is 6.79. The van der Waals surface area contributed by atoms with Gasteiger partial charge in [0.25, 0.3) is 0 Å². The van der Waals surface area contributed by atoms with Crippen LogP contribution in [0.1, 0.15) is 23.2 Å². The molecule has 0 atom stereocenters. The normalized spacial score (nSPS) is 14.9. The Hall–Kier alpha value is -1.64. The summed E-state index contributed by atoms with van der Waals surface area (Å²) in [6.07, 6.45) is 2.58. The molecular weight excluding hydrogens is 180 g/mol. The number of carbonyl (C=O) groups excluding carboxylic acids is 2. The molecule has 72 valence electrons. The van der Waals surface area contributed by atoms with Crippen molar-refractivity contribution >= 4 is 12.3 Å². The van der Waals surface area contributed by atoms with Crippen LogP contribution in [-0.2, 0) is 4.79 Å². The zero-order valence-electron chi connectivity index (χ0n) is 7.60. The number of carbonyl (C=O) groups is 2. The minimum atomic E-state index is -0.187. The minimum absolute atomic E-state index is 0.0786. The molecule has 0 aliphatic heterocycles. The first-order valence-electron chi connectivity index (χ1n) is 4.56. The van der Waals surface area contributed by atoms with E-state index in [4.69, 9.17) is 4.74 Å². The van der Waals surface area contributed by atoms with E-state index in [1.165, 1.54) is 0 Å².